The average molecular weight is 234 g/mol. The van der Waals surface area contributed by atoms with E-state index in [1.807, 2.05) is 6.92 Å². The number of hydrogen-bond acceptors (Lipinski definition) is 3. The van der Waals surface area contributed by atoms with Crippen LogP contribution in [0.2, 0.25) is 6.04 Å². The Balaban J connectivity index is 2.89. The lowest BCUT2D eigenvalue weighted by molar-refractivity contribution is 0.131. The van der Waals surface area contributed by atoms with Crippen molar-refractivity contribution in [3.05, 3.63) is 0 Å². The molecule has 0 aliphatic rings. The molecule has 0 atom stereocenters. The van der Waals surface area contributed by atoms with Crippen molar-refractivity contribution in [3.8, 4) is 0 Å². The van der Waals surface area contributed by atoms with Gasteiger partial charge in [0.25, 0.3) is 0 Å². The van der Waals surface area contributed by atoms with Gasteiger partial charge in [-0.05, 0) is 25.8 Å². The van der Waals surface area contributed by atoms with Crippen LogP contribution in [0.3, 0.4) is 0 Å². The number of hydrogen-bond donors (Lipinski definition) is 2. The third-order valence-corrected chi connectivity index (χ3v) is 3.16. The third kappa shape index (κ3) is 13.4. The first kappa shape index (κ1) is 14.4. The summed E-state index contributed by atoms with van der Waals surface area (Å²) in [6.07, 6.45) is 1.93. The molecular weight excluding hydrogens is 212 g/mol. The molecule has 0 aromatic carbocycles. The van der Waals surface area contributed by atoms with Crippen LogP contribution in [0, 0.1) is 0 Å². The number of primary amides is 1. The number of carbonyl (C=O) groups excluding carboxylic acids is 1. The fourth-order valence-electron chi connectivity index (χ4n) is 1.05. The molecule has 0 saturated carbocycles. The Morgan fingerprint density at radius 1 is 1.40 bits per heavy atom. The number of ether oxygens (including phenoxy) is 1. The average Bonchev–Trinajstić information content (AvgIpc) is 2.20. The fourth-order valence-corrected chi connectivity index (χ4v) is 2.12. The van der Waals surface area contributed by atoms with E-state index in [4.69, 9.17) is 14.9 Å². The lowest BCUT2D eigenvalue weighted by Gasteiger charge is -2.04. The van der Waals surface area contributed by atoms with Gasteiger partial charge in [-0.25, -0.2) is 4.79 Å². The Labute approximate surface area is 93.6 Å². The highest BCUT2D eigenvalue weighted by molar-refractivity contribution is 6.26. The predicted molar refractivity (Wildman–Crippen MR) is 62.6 cm³/mol. The summed E-state index contributed by atoms with van der Waals surface area (Å²) in [5, 5.41) is 2.55. The van der Waals surface area contributed by atoms with Crippen molar-refractivity contribution in [2.24, 2.45) is 5.73 Å². The minimum atomic E-state index is -0.450. The Kier molecular flexibility index (Phi) is 11.0. The van der Waals surface area contributed by atoms with E-state index in [0.29, 0.717) is 6.54 Å². The van der Waals surface area contributed by atoms with E-state index < -0.39 is 15.8 Å². The molecule has 0 fully saturated rings. The quantitative estimate of drug-likeness (QED) is 0.412. The van der Waals surface area contributed by atoms with E-state index in [9.17, 15) is 4.79 Å². The molecule has 2 amide bonds. The largest absolute Gasteiger partial charge is 0.424 e. The monoisotopic (exact) mass is 234 g/mol. The molecule has 15 heavy (non-hydrogen) atoms. The van der Waals surface area contributed by atoms with Gasteiger partial charge in [0, 0.05) is 26.4 Å². The molecule has 5 nitrogen and oxygen atoms in total. The first-order valence-electron chi connectivity index (χ1n) is 5.46. The number of urea groups is 1. The molecule has 0 radical (unpaired) electrons. The molecule has 0 aromatic heterocycles. The second-order valence-electron chi connectivity index (χ2n) is 3.16. The zero-order valence-electron chi connectivity index (χ0n) is 9.46. The van der Waals surface area contributed by atoms with Gasteiger partial charge in [-0.2, -0.15) is 0 Å². The van der Waals surface area contributed by atoms with Crippen LogP contribution in [0.1, 0.15) is 19.8 Å². The number of carbonyl (C=O) groups is 1. The summed E-state index contributed by atoms with van der Waals surface area (Å²) in [5.41, 5.74) is 4.92. The van der Waals surface area contributed by atoms with Crippen molar-refractivity contribution in [2.75, 3.05) is 26.4 Å². The van der Waals surface area contributed by atoms with Gasteiger partial charge >= 0.3 is 6.03 Å². The SMILES string of the molecule is CCOCCCO[SiH2]CCCNC(N)=O. The highest BCUT2D eigenvalue weighted by Crippen LogP contribution is 1.90. The van der Waals surface area contributed by atoms with Crippen molar-refractivity contribution < 1.29 is 14.0 Å². The highest BCUT2D eigenvalue weighted by atomic mass is 28.2. The molecule has 90 valence electrons. The van der Waals surface area contributed by atoms with Crippen LogP contribution in [0.5, 0.6) is 0 Å². The van der Waals surface area contributed by atoms with Crippen molar-refractivity contribution in [1.82, 2.24) is 5.32 Å². The van der Waals surface area contributed by atoms with Crippen molar-refractivity contribution >= 4 is 15.8 Å². The zero-order valence-corrected chi connectivity index (χ0v) is 10.9. The number of nitrogens with two attached hydrogens (primary N) is 1. The van der Waals surface area contributed by atoms with Crippen LogP contribution in [0.25, 0.3) is 0 Å². The second-order valence-corrected chi connectivity index (χ2v) is 4.68. The second kappa shape index (κ2) is 11.5. The molecule has 3 N–H and O–H groups in total. The Morgan fingerprint density at radius 2 is 2.20 bits per heavy atom. The van der Waals surface area contributed by atoms with E-state index in [-0.39, 0.29) is 0 Å². The maximum atomic E-state index is 10.3. The molecule has 0 bridgehead atoms. The summed E-state index contributed by atoms with van der Waals surface area (Å²) in [4.78, 5) is 10.3. The van der Waals surface area contributed by atoms with Crippen LogP contribution in [-0.4, -0.2) is 42.2 Å². The van der Waals surface area contributed by atoms with Gasteiger partial charge in [-0.15, -0.1) is 0 Å². The molecule has 0 rings (SSSR count). The third-order valence-electron chi connectivity index (χ3n) is 1.80. The van der Waals surface area contributed by atoms with Crippen LogP contribution in [0.15, 0.2) is 0 Å². The molecule has 0 unspecified atom stereocenters. The minimum absolute atomic E-state index is 0.416. The summed E-state index contributed by atoms with van der Waals surface area (Å²) >= 11 is 0. The molecule has 0 aromatic rings. The summed E-state index contributed by atoms with van der Waals surface area (Å²) in [5.74, 6) is 0. The molecule has 0 aliphatic heterocycles. The van der Waals surface area contributed by atoms with E-state index in [0.717, 1.165) is 38.7 Å². The first-order chi connectivity index (χ1) is 7.27. The van der Waals surface area contributed by atoms with E-state index in [1.165, 1.54) is 0 Å². The van der Waals surface area contributed by atoms with Crippen LogP contribution < -0.4 is 11.1 Å². The predicted octanol–water partition coefficient (Wildman–Crippen LogP) is -0.00990. The smallest absolute Gasteiger partial charge is 0.312 e. The molecule has 0 spiro atoms. The van der Waals surface area contributed by atoms with Gasteiger partial charge < -0.3 is 20.2 Å². The number of nitrogens with one attached hydrogen (secondary N) is 1. The van der Waals surface area contributed by atoms with Crippen LogP contribution in [0.4, 0.5) is 4.79 Å². The van der Waals surface area contributed by atoms with Gasteiger partial charge in [0.2, 0.25) is 0 Å². The highest BCUT2D eigenvalue weighted by Gasteiger charge is 1.93. The maximum absolute atomic E-state index is 10.3. The minimum Gasteiger partial charge on any atom is -0.424 e. The lowest BCUT2D eigenvalue weighted by atomic mass is 10.5. The van der Waals surface area contributed by atoms with E-state index >= 15 is 0 Å². The zero-order chi connectivity index (χ0) is 11.4. The topological polar surface area (TPSA) is 73.6 Å². The van der Waals surface area contributed by atoms with Crippen molar-refractivity contribution in [1.29, 1.82) is 0 Å². The molecule has 0 saturated heterocycles. The lowest BCUT2D eigenvalue weighted by Crippen LogP contribution is -2.30. The van der Waals surface area contributed by atoms with Gasteiger partial charge in [-0.1, -0.05) is 0 Å². The van der Waals surface area contributed by atoms with Gasteiger partial charge in [-0.3, -0.25) is 0 Å². The van der Waals surface area contributed by atoms with Gasteiger partial charge in [0.15, 0.2) is 9.76 Å². The molecular formula is C9H22N2O3Si. The van der Waals surface area contributed by atoms with E-state index in [1.54, 1.807) is 0 Å². The number of amides is 2. The Hall–Kier alpha value is -0.593. The summed E-state index contributed by atoms with van der Waals surface area (Å²) < 4.78 is 10.7. The maximum Gasteiger partial charge on any atom is 0.312 e. The Bertz CT molecular complexity index is 158. The van der Waals surface area contributed by atoms with Gasteiger partial charge in [0.05, 0.1) is 0 Å². The standard InChI is InChI=1S/C9H22N2O3Si/c1-2-13-6-4-7-14-15-8-3-5-11-9(10)12/h2-8,15H2,1H3,(H3,10,11,12). The first-order valence-corrected chi connectivity index (χ1v) is 7.04. The summed E-state index contributed by atoms with van der Waals surface area (Å²) in [6, 6.07) is 0.629. The van der Waals surface area contributed by atoms with Crippen molar-refractivity contribution in [2.45, 2.75) is 25.8 Å². The Morgan fingerprint density at radius 3 is 2.87 bits per heavy atom. The molecule has 0 aliphatic carbocycles. The fraction of sp³-hybridized carbons (Fsp3) is 0.889. The van der Waals surface area contributed by atoms with E-state index in [2.05, 4.69) is 5.32 Å². The van der Waals surface area contributed by atoms with Crippen molar-refractivity contribution in [3.63, 3.8) is 0 Å². The molecule has 6 heteroatoms. The normalized spacial score (nSPS) is 11.0. The van der Waals surface area contributed by atoms with Gasteiger partial charge in [0.1, 0.15) is 0 Å². The summed E-state index contributed by atoms with van der Waals surface area (Å²) in [6.45, 7) is 5.01. The summed E-state index contributed by atoms with van der Waals surface area (Å²) in [7, 11) is -0.416. The van der Waals surface area contributed by atoms with Crippen LogP contribution >= 0.6 is 0 Å². The number of rotatable bonds is 10. The molecule has 0 heterocycles. The van der Waals surface area contributed by atoms with Crippen LogP contribution in [-0.2, 0) is 9.16 Å².